The smallest absolute Gasteiger partial charge is 0.168 e. The number of rotatable bonds is 4. The number of benzene rings is 2. The summed E-state index contributed by atoms with van der Waals surface area (Å²) in [6, 6.07) is 13.0. The minimum absolute atomic E-state index is 0.00548. The third kappa shape index (κ3) is 3.59. The van der Waals surface area contributed by atoms with Crippen molar-refractivity contribution in [3.8, 4) is 0 Å². The second kappa shape index (κ2) is 6.23. The lowest BCUT2D eigenvalue weighted by molar-refractivity contribution is 0.0993. The van der Waals surface area contributed by atoms with Gasteiger partial charge in [0.2, 0.25) is 0 Å². The number of Topliss-reactive ketones (excluding diaryl/α,β-unsaturated/α-hetero) is 1. The molecule has 0 atom stereocenters. The summed E-state index contributed by atoms with van der Waals surface area (Å²) >= 11 is 11.9. The van der Waals surface area contributed by atoms with E-state index < -0.39 is 0 Å². The van der Waals surface area contributed by atoms with E-state index in [0.29, 0.717) is 22.0 Å². The topological polar surface area (TPSA) is 17.1 Å². The minimum atomic E-state index is 0.00548. The van der Waals surface area contributed by atoms with Crippen molar-refractivity contribution < 1.29 is 4.79 Å². The van der Waals surface area contributed by atoms with Crippen LogP contribution in [0, 0.1) is 0 Å². The number of carbonyl (C=O) groups is 1. The summed E-state index contributed by atoms with van der Waals surface area (Å²) < 4.78 is 0. The molecule has 0 aliphatic rings. The molecule has 0 heterocycles. The number of ketones is 1. The molecule has 0 aromatic heterocycles. The Kier molecular flexibility index (Phi) is 4.62. The lowest BCUT2D eigenvalue weighted by Gasteiger charge is -2.05. The highest BCUT2D eigenvalue weighted by Crippen LogP contribution is 2.22. The van der Waals surface area contributed by atoms with Crippen LogP contribution in [0.15, 0.2) is 42.5 Å². The number of aryl methyl sites for hydroxylation is 1. The number of hydrogen-bond donors (Lipinski definition) is 0. The zero-order valence-electron chi connectivity index (χ0n) is 10.6. The van der Waals surface area contributed by atoms with Crippen LogP contribution in [0.5, 0.6) is 0 Å². The Morgan fingerprint density at radius 2 is 1.63 bits per heavy atom. The van der Waals surface area contributed by atoms with Gasteiger partial charge in [-0.05, 0) is 35.7 Å². The van der Waals surface area contributed by atoms with Crippen molar-refractivity contribution in [1.29, 1.82) is 0 Å². The molecule has 1 nitrogen and oxygen atoms in total. The molecule has 2 aromatic rings. The predicted molar refractivity (Wildman–Crippen MR) is 80.3 cm³/mol. The van der Waals surface area contributed by atoms with Crippen LogP contribution in [0.4, 0.5) is 0 Å². The fourth-order valence-electron chi connectivity index (χ4n) is 1.89. The van der Waals surface area contributed by atoms with Crippen LogP contribution < -0.4 is 0 Å². The van der Waals surface area contributed by atoms with Crippen LogP contribution in [0.3, 0.4) is 0 Å². The summed E-state index contributed by atoms with van der Waals surface area (Å²) in [5, 5.41) is 0.941. The highest BCUT2D eigenvalue weighted by atomic mass is 35.5. The van der Waals surface area contributed by atoms with Gasteiger partial charge in [-0.3, -0.25) is 4.79 Å². The maximum Gasteiger partial charge on any atom is 0.168 e. The Bertz CT molecular complexity index is 588. The molecule has 0 radical (unpaired) electrons. The molecule has 98 valence electrons. The van der Waals surface area contributed by atoms with Crippen molar-refractivity contribution in [1.82, 2.24) is 0 Å². The molecule has 0 saturated carbocycles. The number of halogens is 2. The number of hydrogen-bond acceptors (Lipinski definition) is 1. The molecule has 2 rings (SSSR count). The second-order valence-corrected chi connectivity index (χ2v) is 5.24. The molecule has 2 aromatic carbocycles. The predicted octanol–water partition coefficient (Wildman–Crippen LogP) is 4.98. The third-order valence-electron chi connectivity index (χ3n) is 3.03. The van der Waals surface area contributed by atoms with Crippen molar-refractivity contribution in [2.75, 3.05) is 0 Å². The molecule has 0 unspecified atom stereocenters. The first-order valence-corrected chi connectivity index (χ1v) is 6.92. The quantitative estimate of drug-likeness (QED) is 0.726. The first-order valence-electron chi connectivity index (χ1n) is 6.16. The molecule has 19 heavy (non-hydrogen) atoms. The maximum atomic E-state index is 12.2. The molecule has 0 aliphatic carbocycles. The molecule has 3 heteroatoms. The van der Waals surface area contributed by atoms with Crippen molar-refractivity contribution in [3.63, 3.8) is 0 Å². The highest BCUT2D eigenvalue weighted by Gasteiger charge is 2.11. The van der Waals surface area contributed by atoms with Crippen LogP contribution in [0.2, 0.25) is 10.0 Å². The van der Waals surface area contributed by atoms with Crippen LogP contribution in [-0.2, 0) is 12.8 Å². The Morgan fingerprint density at radius 3 is 2.21 bits per heavy atom. The zero-order chi connectivity index (χ0) is 13.8. The first kappa shape index (κ1) is 14.1. The Morgan fingerprint density at radius 1 is 1.00 bits per heavy atom. The molecule has 0 aliphatic heterocycles. The summed E-state index contributed by atoms with van der Waals surface area (Å²) in [4.78, 5) is 12.2. The van der Waals surface area contributed by atoms with Crippen LogP contribution in [0.25, 0.3) is 0 Å². The van der Waals surface area contributed by atoms with Crippen LogP contribution in [0.1, 0.15) is 28.4 Å². The van der Waals surface area contributed by atoms with Gasteiger partial charge in [0.1, 0.15) is 0 Å². The molecular weight excluding hydrogens is 279 g/mol. The average Bonchev–Trinajstić information content (AvgIpc) is 2.39. The third-order valence-corrected chi connectivity index (χ3v) is 3.58. The summed E-state index contributed by atoms with van der Waals surface area (Å²) in [7, 11) is 0. The van der Waals surface area contributed by atoms with E-state index in [4.69, 9.17) is 23.2 Å². The van der Waals surface area contributed by atoms with Crippen molar-refractivity contribution in [2.45, 2.75) is 19.8 Å². The highest BCUT2D eigenvalue weighted by molar-refractivity contribution is 6.36. The summed E-state index contributed by atoms with van der Waals surface area (Å²) in [6.45, 7) is 2.10. The van der Waals surface area contributed by atoms with E-state index in [9.17, 15) is 4.79 Å². The molecule has 0 bridgehead atoms. The molecular formula is C16H14Cl2O. The minimum Gasteiger partial charge on any atom is -0.294 e. The Labute approximate surface area is 123 Å². The van der Waals surface area contributed by atoms with E-state index in [0.717, 1.165) is 12.0 Å². The van der Waals surface area contributed by atoms with Gasteiger partial charge >= 0.3 is 0 Å². The van der Waals surface area contributed by atoms with Gasteiger partial charge in [0, 0.05) is 17.0 Å². The molecule has 0 spiro atoms. The Hall–Kier alpha value is -1.31. The summed E-state index contributed by atoms with van der Waals surface area (Å²) in [5.41, 5.74) is 2.78. The van der Waals surface area contributed by atoms with E-state index in [1.54, 1.807) is 18.2 Å². The number of carbonyl (C=O) groups excluding carboxylic acids is 1. The second-order valence-electron chi connectivity index (χ2n) is 4.39. The van der Waals surface area contributed by atoms with Crippen molar-refractivity contribution >= 4 is 29.0 Å². The molecule has 0 N–H and O–H groups in total. The van der Waals surface area contributed by atoms with Gasteiger partial charge in [-0.2, -0.15) is 0 Å². The van der Waals surface area contributed by atoms with Crippen LogP contribution in [-0.4, -0.2) is 5.78 Å². The fraction of sp³-hybridized carbons (Fsp3) is 0.188. The Balaban J connectivity index is 2.15. The van der Waals surface area contributed by atoms with Gasteiger partial charge in [0.25, 0.3) is 0 Å². The monoisotopic (exact) mass is 292 g/mol. The van der Waals surface area contributed by atoms with E-state index in [-0.39, 0.29) is 5.78 Å². The standard InChI is InChI=1S/C16H14Cl2O/c1-2-11-3-5-12(6-4-11)9-16(19)14-8-7-13(17)10-15(14)18/h3-8,10H,2,9H2,1H3. The van der Waals surface area contributed by atoms with Crippen molar-refractivity contribution in [3.05, 3.63) is 69.2 Å². The molecule has 0 fully saturated rings. The van der Waals surface area contributed by atoms with E-state index >= 15 is 0 Å². The molecule has 0 amide bonds. The van der Waals surface area contributed by atoms with E-state index in [1.165, 1.54) is 5.56 Å². The van der Waals surface area contributed by atoms with E-state index in [1.807, 2.05) is 24.3 Å². The average molecular weight is 293 g/mol. The van der Waals surface area contributed by atoms with Gasteiger partial charge < -0.3 is 0 Å². The van der Waals surface area contributed by atoms with Gasteiger partial charge in [-0.25, -0.2) is 0 Å². The fourth-order valence-corrected chi connectivity index (χ4v) is 2.40. The molecule has 0 saturated heterocycles. The first-order chi connectivity index (χ1) is 9.10. The van der Waals surface area contributed by atoms with Gasteiger partial charge in [-0.15, -0.1) is 0 Å². The SMILES string of the molecule is CCc1ccc(CC(=O)c2ccc(Cl)cc2Cl)cc1. The maximum absolute atomic E-state index is 12.2. The van der Waals surface area contributed by atoms with Gasteiger partial charge in [0.15, 0.2) is 5.78 Å². The lowest BCUT2D eigenvalue weighted by Crippen LogP contribution is -2.04. The lowest BCUT2D eigenvalue weighted by atomic mass is 10.0. The normalized spacial score (nSPS) is 10.5. The van der Waals surface area contributed by atoms with E-state index in [2.05, 4.69) is 6.92 Å². The van der Waals surface area contributed by atoms with Gasteiger partial charge in [-0.1, -0.05) is 54.4 Å². The zero-order valence-corrected chi connectivity index (χ0v) is 12.1. The summed E-state index contributed by atoms with van der Waals surface area (Å²) in [6.07, 6.45) is 1.35. The largest absolute Gasteiger partial charge is 0.294 e. The summed E-state index contributed by atoms with van der Waals surface area (Å²) in [5.74, 6) is 0.00548. The van der Waals surface area contributed by atoms with Crippen molar-refractivity contribution in [2.24, 2.45) is 0 Å². The van der Waals surface area contributed by atoms with Crippen LogP contribution >= 0.6 is 23.2 Å². The van der Waals surface area contributed by atoms with Gasteiger partial charge in [0.05, 0.1) is 5.02 Å².